The number of aliphatic imine (C=N–C) groups is 2. The van der Waals surface area contributed by atoms with Crippen LogP contribution in [0.4, 0.5) is 5.95 Å². The maximum absolute atomic E-state index is 12.7. The maximum Gasteiger partial charge on any atom is 0.228 e. The third-order valence-electron chi connectivity index (χ3n) is 6.44. The lowest BCUT2D eigenvalue weighted by Crippen LogP contribution is -2.31. The molecule has 0 saturated heterocycles. The van der Waals surface area contributed by atoms with Crippen LogP contribution in [0.2, 0.25) is 0 Å². The van der Waals surface area contributed by atoms with Gasteiger partial charge in [-0.05, 0) is 41.0 Å². The Morgan fingerprint density at radius 2 is 1.60 bits per heavy atom. The first kappa shape index (κ1) is 26.0. The highest BCUT2D eigenvalue weighted by atomic mass is 32.2. The van der Waals surface area contributed by atoms with E-state index in [4.69, 9.17) is 0 Å². The largest absolute Gasteiger partial charge is 0.311 e. The van der Waals surface area contributed by atoms with Crippen LogP contribution in [0, 0.1) is 0 Å². The minimum absolute atomic E-state index is 0.00477. The molecule has 0 spiro atoms. The first-order chi connectivity index (χ1) is 19.4. The SMILES string of the molecule is O=C(Cc1ccc(S(=O)(=O)Cc2ncccn2)cc1)Cc1cnc(NC2=NC=NC3c4ccccc4SC23)nc1. The van der Waals surface area contributed by atoms with Crippen LogP contribution in [-0.2, 0) is 33.2 Å². The average Bonchev–Trinajstić information content (AvgIpc) is 3.35. The first-order valence-corrected chi connectivity index (χ1v) is 15.0. The predicted octanol–water partition coefficient (Wildman–Crippen LogP) is 3.66. The topological polar surface area (TPSA) is 140 Å². The molecule has 0 aliphatic carbocycles. The molecule has 2 unspecified atom stereocenters. The van der Waals surface area contributed by atoms with Gasteiger partial charge in [-0.1, -0.05) is 30.3 Å². The fourth-order valence-electron chi connectivity index (χ4n) is 4.52. The van der Waals surface area contributed by atoms with Gasteiger partial charge in [-0.3, -0.25) is 9.79 Å². The number of rotatable bonds is 8. The molecule has 4 aromatic rings. The normalized spacial score (nSPS) is 17.6. The molecule has 6 rings (SSSR count). The zero-order chi connectivity index (χ0) is 27.5. The summed E-state index contributed by atoms with van der Waals surface area (Å²) in [5.41, 5.74) is 2.60. The summed E-state index contributed by atoms with van der Waals surface area (Å²) in [6, 6.07) is 16.2. The number of sulfone groups is 1. The van der Waals surface area contributed by atoms with E-state index < -0.39 is 9.84 Å². The van der Waals surface area contributed by atoms with Gasteiger partial charge in [0.25, 0.3) is 0 Å². The molecular formula is C28H23N7O3S2. The monoisotopic (exact) mass is 569 g/mol. The fraction of sp³-hybridized carbons (Fsp3) is 0.179. The molecule has 2 atom stereocenters. The Kier molecular flexibility index (Phi) is 7.18. The van der Waals surface area contributed by atoms with Gasteiger partial charge in [-0.15, -0.1) is 11.8 Å². The summed E-state index contributed by atoms with van der Waals surface area (Å²) in [6.45, 7) is 0. The fourth-order valence-corrected chi connectivity index (χ4v) is 7.06. The van der Waals surface area contributed by atoms with E-state index in [1.165, 1.54) is 35.0 Å². The zero-order valence-corrected chi connectivity index (χ0v) is 22.7. The Morgan fingerprint density at radius 1 is 0.875 bits per heavy atom. The predicted molar refractivity (Wildman–Crippen MR) is 152 cm³/mol. The number of amidine groups is 1. The van der Waals surface area contributed by atoms with Gasteiger partial charge in [-0.25, -0.2) is 33.3 Å². The molecule has 4 heterocycles. The van der Waals surface area contributed by atoms with Crippen LogP contribution in [0.5, 0.6) is 0 Å². The van der Waals surface area contributed by atoms with Crippen molar-refractivity contribution in [3.8, 4) is 0 Å². The molecule has 0 saturated carbocycles. The van der Waals surface area contributed by atoms with E-state index in [1.807, 2.05) is 12.1 Å². The molecule has 2 aliphatic heterocycles. The molecule has 200 valence electrons. The molecule has 1 N–H and O–H groups in total. The number of carbonyl (C=O) groups excluding carboxylic acids is 1. The lowest BCUT2D eigenvalue weighted by molar-refractivity contribution is -0.117. The summed E-state index contributed by atoms with van der Waals surface area (Å²) in [6.07, 6.45) is 8.16. The van der Waals surface area contributed by atoms with Crippen molar-refractivity contribution in [2.24, 2.45) is 9.98 Å². The lowest BCUT2D eigenvalue weighted by Gasteiger charge is -2.21. The summed E-state index contributed by atoms with van der Waals surface area (Å²) in [7, 11) is -3.59. The second kappa shape index (κ2) is 11.1. The van der Waals surface area contributed by atoms with Crippen LogP contribution in [0.3, 0.4) is 0 Å². The van der Waals surface area contributed by atoms with Crippen molar-refractivity contribution >= 4 is 45.5 Å². The first-order valence-electron chi connectivity index (χ1n) is 12.5. The van der Waals surface area contributed by atoms with Gasteiger partial charge in [0.2, 0.25) is 5.95 Å². The third-order valence-corrected chi connectivity index (χ3v) is 9.43. The number of hydrogen-bond donors (Lipinski definition) is 1. The van der Waals surface area contributed by atoms with Crippen molar-refractivity contribution in [1.29, 1.82) is 0 Å². The summed E-state index contributed by atoms with van der Waals surface area (Å²) >= 11 is 1.72. The number of fused-ring (bicyclic) bond motifs is 3. The van der Waals surface area contributed by atoms with Gasteiger partial charge in [0.15, 0.2) is 9.84 Å². The Balaban J connectivity index is 1.04. The van der Waals surface area contributed by atoms with Gasteiger partial charge in [0.05, 0.1) is 16.2 Å². The van der Waals surface area contributed by atoms with Crippen LogP contribution >= 0.6 is 11.8 Å². The molecule has 2 aliphatic rings. The number of hydrogen-bond acceptors (Lipinski definition) is 11. The molecule has 2 aromatic heterocycles. The van der Waals surface area contributed by atoms with Crippen LogP contribution in [0.1, 0.15) is 28.6 Å². The second-order valence-corrected chi connectivity index (χ2v) is 12.5. The number of Topliss-reactive ketones (excluding diaryl/α,β-unsaturated/α-hetero) is 1. The Morgan fingerprint density at radius 3 is 2.38 bits per heavy atom. The van der Waals surface area contributed by atoms with Crippen LogP contribution in [0.25, 0.3) is 0 Å². The smallest absolute Gasteiger partial charge is 0.228 e. The second-order valence-electron chi connectivity index (χ2n) is 9.30. The molecule has 0 bridgehead atoms. The quantitative estimate of drug-likeness (QED) is 0.337. The van der Waals surface area contributed by atoms with Gasteiger partial charge in [-0.2, -0.15) is 0 Å². The molecule has 10 nitrogen and oxygen atoms in total. The van der Waals surface area contributed by atoms with Crippen molar-refractivity contribution in [2.75, 3.05) is 5.32 Å². The molecule has 2 aromatic carbocycles. The average molecular weight is 570 g/mol. The van der Waals surface area contributed by atoms with E-state index in [2.05, 4.69) is 47.4 Å². The van der Waals surface area contributed by atoms with Crippen molar-refractivity contribution < 1.29 is 13.2 Å². The Bertz CT molecular complexity index is 1710. The number of carbonyl (C=O) groups is 1. The maximum atomic E-state index is 12.7. The highest BCUT2D eigenvalue weighted by molar-refractivity contribution is 8.01. The Labute approximate surface area is 235 Å². The standard InChI is InChI=1S/C28H23N7O3S2/c36-20(12-18-6-8-21(9-7-18)40(37,38)16-24-29-10-3-11-30-24)13-19-14-31-28(32-15-19)35-27-26-25(33-17-34-27)22-4-1-2-5-23(22)39-26/h1-11,14-15,17,25-26H,12-13,16H2,(H,31,32,33,34,35). The number of anilines is 1. The van der Waals surface area contributed by atoms with Crippen molar-refractivity contribution in [3.63, 3.8) is 0 Å². The van der Waals surface area contributed by atoms with E-state index in [1.54, 1.807) is 48.7 Å². The van der Waals surface area contributed by atoms with Crippen molar-refractivity contribution in [2.45, 2.75) is 39.7 Å². The zero-order valence-electron chi connectivity index (χ0n) is 21.1. The van der Waals surface area contributed by atoms with Crippen LogP contribution < -0.4 is 5.32 Å². The van der Waals surface area contributed by atoms with E-state index in [0.29, 0.717) is 11.5 Å². The van der Waals surface area contributed by atoms with Gasteiger partial charge >= 0.3 is 0 Å². The molecule has 0 radical (unpaired) electrons. The molecule has 40 heavy (non-hydrogen) atoms. The van der Waals surface area contributed by atoms with Crippen LogP contribution in [0.15, 0.2) is 99.2 Å². The minimum Gasteiger partial charge on any atom is -0.311 e. The number of nitrogens with one attached hydrogen (secondary N) is 1. The number of ketones is 1. The summed E-state index contributed by atoms with van der Waals surface area (Å²) in [5, 5.41) is 3.24. The van der Waals surface area contributed by atoms with Crippen molar-refractivity contribution in [3.05, 3.63) is 102 Å². The number of aromatic nitrogens is 4. The highest BCUT2D eigenvalue weighted by Crippen LogP contribution is 2.47. The summed E-state index contributed by atoms with van der Waals surface area (Å²) in [4.78, 5) is 39.8. The minimum atomic E-state index is -3.59. The molecule has 0 amide bonds. The Hall–Kier alpha value is -4.29. The van der Waals surface area contributed by atoms with Gasteiger partial charge in [0.1, 0.15) is 29.5 Å². The van der Waals surface area contributed by atoms with Gasteiger partial charge in [0, 0.05) is 42.5 Å². The highest BCUT2D eigenvalue weighted by Gasteiger charge is 2.38. The molecular weight excluding hydrogens is 546 g/mol. The number of benzene rings is 2. The van der Waals surface area contributed by atoms with E-state index >= 15 is 0 Å². The summed E-state index contributed by atoms with van der Waals surface area (Å²) in [5.74, 6) is 1.06. The van der Waals surface area contributed by atoms with Crippen molar-refractivity contribution in [1.82, 2.24) is 19.9 Å². The van der Waals surface area contributed by atoms with E-state index in [-0.39, 0.29) is 46.4 Å². The lowest BCUT2D eigenvalue weighted by atomic mass is 10.0. The number of nitrogens with zero attached hydrogens (tertiary/aromatic N) is 6. The van der Waals surface area contributed by atoms with Crippen LogP contribution in [-0.4, -0.2) is 51.6 Å². The third kappa shape index (κ3) is 5.68. The molecule has 0 fully saturated rings. The number of thioether (sulfide) groups is 1. The van der Waals surface area contributed by atoms with E-state index in [9.17, 15) is 13.2 Å². The summed E-state index contributed by atoms with van der Waals surface area (Å²) < 4.78 is 25.3. The van der Waals surface area contributed by atoms with E-state index in [0.717, 1.165) is 11.4 Å². The van der Waals surface area contributed by atoms with Gasteiger partial charge < -0.3 is 5.32 Å². The molecule has 12 heteroatoms.